The summed E-state index contributed by atoms with van der Waals surface area (Å²) in [5.74, 6) is 0.738. The van der Waals surface area contributed by atoms with Crippen LogP contribution in [0.1, 0.15) is 24.1 Å². The van der Waals surface area contributed by atoms with E-state index in [4.69, 9.17) is 11.6 Å². The fourth-order valence-electron chi connectivity index (χ4n) is 4.19. The average Bonchev–Trinajstić information content (AvgIpc) is 2.96. The number of rotatable bonds is 4. The molecule has 0 unspecified atom stereocenters. The molecular weight excluding hydrogens is 346 g/mol. The molecule has 3 aliphatic rings. The van der Waals surface area contributed by atoms with Crippen molar-refractivity contribution in [1.82, 2.24) is 14.8 Å². The summed E-state index contributed by atoms with van der Waals surface area (Å²) in [7, 11) is 0. The standard InChI is InChI=1S/C21H24ClN3O/c22-20-7-2-1-5-17(20)11-21(26)25-13-16-8-9-19(15-25)24(12-16)14-18-6-3-4-10-23-18/h1-7,10,16,19H,8-9,11-15H2/t16-,19-/m0/s1. The Kier molecular flexibility index (Phi) is 5.23. The Morgan fingerprint density at radius 2 is 1.92 bits per heavy atom. The van der Waals surface area contributed by atoms with Gasteiger partial charge >= 0.3 is 0 Å². The molecule has 5 rings (SSSR count). The summed E-state index contributed by atoms with van der Waals surface area (Å²) < 4.78 is 0. The van der Waals surface area contributed by atoms with Gasteiger partial charge in [-0.15, -0.1) is 0 Å². The Balaban J connectivity index is 1.44. The lowest BCUT2D eigenvalue weighted by atomic mass is 9.95. The molecule has 2 atom stereocenters. The molecule has 2 bridgehead atoms. The zero-order valence-corrected chi connectivity index (χ0v) is 15.6. The lowest BCUT2D eigenvalue weighted by molar-refractivity contribution is -0.130. The highest BCUT2D eigenvalue weighted by Gasteiger charge is 2.36. The molecule has 1 amide bonds. The molecule has 0 saturated carbocycles. The van der Waals surface area contributed by atoms with Crippen molar-refractivity contribution in [3.63, 3.8) is 0 Å². The van der Waals surface area contributed by atoms with Gasteiger partial charge in [0.15, 0.2) is 0 Å². The van der Waals surface area contributed by atoms with E-state index in [0.29, 0.717) is 23.4 Å². The molecule has 0 aliphatic carbocycles. The van der Waals surface area contributed by atoms with Crippen LogP contribution in [0.25, 0.3) is 0 Å². The van der Waals surface area contributed by atoms with E-state index in [2.05, 4.69) is 20.9 Å². The number of carbonyl (C=O) groups excluding carboxylic acids is 1. The summed E-state index contributed by atoms with van der Waals surface area (Å²) in [6.07, 6.45) is 4.61. The van der Waals surface area contributed by atoms with Gasteiger partial charge in [0.2, 0.25) is 5.91 Å². The molecule has 4 nitrogen and oxygen atoms in total. The van der Waals surface area contributed by atoms with Crippen molar-refractivity contribution in [2.45, 2.75) is 31.8 Å². The zero-order chi connectivity index (χ0) is 17.9. The summed E-state index contributed by atoms with van der Waals surface area (Å²) >= 11 is 6.24. The number of amides is 1. The van der Waals surface area contributed by atoms with Gasteiger partial charge in [-0.05, 0) is 42.5 Å². The topological polar surface area (TPSA) is 36.4 Å². The van der Waals surface area contributed by atoms with Gasteiger partial charge in [0.05, 0.1) is 12.1 Å². The van der Waals surface area contributed by atoms with Crippen LogP contribution in [0.4, 0.5) is 0 Å². The van der Waals surface area contributed by atoms with E-state index in [1.165, 1.54) is 6.42 Å². The number of halogens is 1. The normalized spacial score (nSPS) is 23.0. The first-order chi connectivity index (χ1) is 12.7. The van der Waals surface area contributed by atoms with Crippen molar-refractivity contribution in [1.29, 1.82) is 0 Å². The number of benzene rings is 1. The van der Waals surface area contributed by atoms with Crippen molar-refractivity contribution in [2.24, 2.45) is 5.92 Å². The second kappa shape index (κ2) is 7.77. The third-order valence-corrected chi connectivity index (χ3v) is 5.94. The monoisotopic (exact) mass is 369 g/mol. The maximum Gasteiger partial charge on any atom is 0.227 e. The molecule has 3 fully saturated rings. The summed E-state index contributed by atoms with van der Waals surface area (Å²) in [5.41, 5.74) is 2.02. The van der Waals surface area contributed by atoms with Crippen LogP contribution in [-0.4, -0.2) is 46.4 Å². The number of fused-ring (bicyclic) bond motifs is 4. The quantitative estimate of drug-likeness (QED) is 0.828. The Morgan fingerprint density at radius 1 is 1.08 bits per heavy atom. The highest BCUT2D eigenvalue weighted by molar-refractivity contribution is 6.31. The molecule has 2 aromatic rings. The molecule has 3 saturated heterocycles. The summed E-state index contributed by atoms with van der Waals surface area (Å²) in [6, 6.07) is 14.1. The predicted octanol–water partition coefficient (Wildman–Crippen LogP) is 3.40. The molecule has 5 heteroatoms. The van der Waals surface area contributed by atoms with Crippen LogP contribution in [-0.2, 0) is 17.8 Å². The Labute approximate surface area is 159 Å². The Hall–Kier alpha value is -1.91. The summed E-state index contributed by atoms with van der Waals surface area (Å²) in [6.45, 7) is 3.59. The Bertz CT molecular complexity index is 767. The highest BCUT2D eigenvalue weighted by atomic mass is 35.5. The summed E-state index contributed by atoms with van der Waals surface area (Å²) in [4.78, 5) is 21.9. The van der Waals surface area contributed by atoms with Crippen LogP contribution in [0, 0.1) is 5.92 Å². The third kappa shape index (κ3) is 3.92. The van der Waals surface area contributed by atoms with Gasteiger partial charge in [0.1, 0.15) is 0 Å². The maximum absolute atomic E-state index is 12.9. The number of pyridine rings is 1. The molecule has 3 aliphatic heterocycles. The van der Waals surface area contributed by atoms with Crippen LogP contribution >= 0.6 is 11.6 Å². The van der Waals surface area contributed by atoms with Crippen molar-refractivity contribution in [2.75, 3.05) is 19.6 Å². The first kappa shape index (κ1) is 17.5. The van der Waals surface area contributed by atoms with Gasteiger partial charge in [-0.25, -0.2) is 0 Å². The van der Waals surface area contributed by atoms with Crippen LogP contribution < -0.4 is 0 Å². The fraction of sp³-hybridized carbons (Fsp3) is 0.429. The lowest BCUT2D eigenvalue weighted by Gasteiger charge is -2.35. The van der Waals surface area contributed by atoms with Crippen molar-refractivity contribution < 1.29 is 4.79 Å². The Morgan fingerprint density at radius 3 is 2.73 bits per heavy atom. The van der Waals surface area contributed by atoms with Gasteiger partial charge < -0.3 is 4.90 Å². The fourth-order valence-corrected chi connectivity index (χ4v) is 4.40. The van der Waals surface area contributed by atoms with Crippen LogP contribution in [0.3, 0.4) is 0 Å². The molecule has 0 N–H and O–H groups in total. The van der Waals surface area contributed by atoms with Crippen LogP contribution in [0.5, 0.6) is 0 Å². The maximum atomic E-state index is 12.9. The molecule has 1 aromatic heterocycles. The second-order valence-electron chi connectivity index (χ2n) is 7.41. The van der Waals surface area contributed by atoms with Gasteiger partial charge in [-0.3, -0.25) is 14.7 Å². The predicted molar refractivity (Wildman–Crippen MR) is 103 cm³/mol. The SMILES string of the molecule is O=C(Cc1ccccc1Cl)N1C[C@H]2CC[C@@H](C1)N(Cc1ccccn1)C2. The molecule has 0 radical (unpaired) electrons. The van der Waals surface area contributed by atoms with E-state index in [1.54, 1.807) is 0 Å². The lowest BCUT2D eigenvalue weighted by Crippen LogP contribution is -2.44. The van der Waals surface area contributed by atoms with E-state index in [-0.39, 0.29) is 5.91 Å². The first-order valence-electron chi connectivity index (χ1n) is 9.34. The van der Waals surface area contributed by atoms with E-state index in [1.807, 2.05) is 42.6 Å². The number of hydrogen-bond acceptors (Lipinski definition) is 3. The molecule has 4 heterocycles. The highest BCUT2D eigenvalue weighted by Crippen LogP contribution is 2.29. The molecule has 136 valence electrons. The minimum atomic E-state index is 0.190. The van der Waals surface area contributed by atoms with Gasteiger partial charge in [-0.2, -0.15) is 0 Å². The van der Waals surface area contributed by atoms with E-state index < -0.39 is 0 Å². The van der Waals surface area contributed by atoms with Crippen molar-refractivity contribution >= 4 is 17.5 Å². The average molecular weight is 370 g/mol. The van der Waals surface area contributed by atoms with Gasteiger partial charge in [-0.1, -0.05) is 35.9 Å². The zero-order valence-electron chi connectivity index (χ0n) is 14.9. The van der Waals surface area contributed by atoms with E-state index in [0.717, 1.165) is 43.9 Å². The minimum Gasteiger partial charge on any atom is -0.341 e. The van der Waals surface area contributed by atoms with Crippen LogP contribution in [0.15, 0.2) is 48.7 Å². The smallest absolute Gasteiger partial charge is 0.227 e. The van der Waals surface area contributed by atoms with Crippen molar-refractivity contribution in [3.8, 4) is 0 Å². The number of aromatic nitrogens is 1. The van der Waals surface area contributed by atoms with Gasteiger partial charge in [0.25, 0.3) is 0 Å². The number of piperidine rings is 1. The molecule has 0 spiro atoms. The molecule has 26 heavy (non-hydrogen) atoms. The molecule has 1 aromatic carbocycles. The number of nitrogens with zero attached hydrogens (tertiary/aromatic N) is 3. The minimum absolute atomic E-state index is 0.190. The second-order valence-corrected chi connectivity index (χ2v) is 7.82. The summed E-state index contributed by atoms with van der Waals surface area (Å²) in [5, 5.41) is 0.676. The van der Waals surface area contributed by atoms with Crippen LogP contribution in [0.2, 0.25) is 5.02 Å². The van der Waals surface area contributed by atoms with E-state index >= 15 is 0 Å². The number of carbonyl (C=O) groups is 1. The number of hydrogen-bond donors (Lipinski definition) is 0. The van der Waals surface area contributed by atoms with Crippen molar-refractivity contribution in [3.05, 3.63) is 64.9 Å². The first-order valence-corrected chi connectivity index (χ1v) is 9.72. The van der Waals surface area contributed by atoms with Gasteiger partial charge in [0, 0.05) is 43.4 Å². The largest absolute Gasteiger partial charge is 0.341 e. The van der Waals surface area contributed by atoms with E-state index in [9.17, 15) is 4.79 Å². The molecular formula is C21H24ClN3O. The third-order valence-electron chi connectivity index (χ3n) is 5.57.